The predicted octanol–water partition coefficient (Wildman–Crippen LogP) is 1.01. The topological polar surface area (TPSA) is 48.1 Å². The molecule has 0 N–H and O–H groups in total. The smallest absolute Gasteiger partial charge is 0.158 e. The van der Waals surface area contributed by atoms with Crippen molar-refractivity contribution < 1.29 is 4.74 Å². The van der Waals surface area contributed by atoms with Gasteiger partial charge in [0.1, 0.15) is 5.69 Å². The van der Waals surface area contributed by atoms with Crippen molar-refractivity contribution in [2.75, 3.05) is 32.8 Å². The molecule has 6 heteroatoms. The Morgan fingerprint density at radius 2 is 2.10 bits per heavy atom. The summed E-state index contributed by atoms with van der Waals surface area (Å²) in [5.74, 6) is 0.993. The maximum Gasteiger partial charge on any atom is 0.158 e. The Morgan fingerprint density at radius 1 is 1.25 bits per heavy atom. The van der Waals surface area contributed by atoms with Crippen LogP contribution in [0.15, 0.2) is 24.9 Å². The van der Waals surface area contributed by atoms with Crippen LogP contribution in [0.1, 0.15) is 6.42 Å². The highest BCUT2D eigenvalue weighted by atomic mass is 16.5. The van der Waals surface area contributed by atoms with Crippen molar-refractivity contribution in [2.24, 2.45) is 7.05 Å². The van der Waals surface area contributed by atoms with Gasteiger partial charge in [0, 0.05) is 45.6 Å². The van der Waals surface area contributed by atoms with Crippen LogP contribution in [0.2, 0.25) is 0 Å². The van der Waals surface area contributed by atoms with Crippen LogP contribution in [-0.4, -0.2) is 56.9 Å². The lowest BCUT2D eigenvalue weighted by Gasteiger charge is -2.26. The molecular formula is C14H21N5O. The second-order valence-electron chi connectivity index (χ2n) is 5.14. The molecule has 0 aliphatic carbocycles. The Balaban J connectivity index is 1.58. The minimum absolute atomic E-state index is 0.866. The zero-order valence-corrected chi connectivity index (χ0v) is 11.9. The Labute approximate surface area is 119 Å². The fourth-order valence-electron chi connectivity index (χ4n) is 2.58. The molecule has 1 saturated heterocycles. The summed E-state index contributed by atoms with van der Waals surface area (Å²) in [6.07, 6.45) is 8.70. The van der Waals surface area contributed by atoms with Crippen LogP contribution in [0, 0.1) is 0 Å². The molecule has 0 spiro atoms. The largest absolute Gasteiger partial charge is 0.379 e. The monoisotopic (exact) mass is 275 g/mol. The Kier molecular flexibility index (Phi) is 4.13. The number of aryl methyl sites for hydroxylation is 2. The van der Waals surface area contributed by atoms with Crippen LogP contribution < -0.4 is 0 Å². The normalized spacial score (nSPS) is 16.6. The zero-order chi connectivity index (χ0) is 13.8. The first kappa shape index (κ1) is 13.3. The van der Waals surface area contributed by atoms with E-state index in [9.17, 15) is 0 Å². The molecule has 2 aromatic rings. The molecule has 0 bridgehead atoms. The van der Waals surface area contributed by atoms with Gasteiger partial charge in [-0.2, -0.15) is 0 Å². The average molecular weight is 275 g/mol. The summed E-state index contributed by atoms with van der Waals surface area (Å²) in [7, 11) is 2.00. The van der Waals surface area contributed by atoms with Gasteiger partial charge in [0.15, 0.2) is 5.82 Å². The van der Waals surface area contributed by atoms with Gasteiger partial charge in [0.25, 0.3) is 0 Å². The quantitative estimate of drug-likeness (QED) is 0.817. The average Bonchev–Trinajstić information content (AvgIpc) is 3.08. The predicted molar refractivity (Wildman–Crippen MR) is 76.3 cm³/mol. The van der Waals surface area contributed by atoms with Crippen molar-refractivity contribution in [3.8, 4) is 11.5 Å². The lowest BCUT2D eigenvalue weighted by Crippen LogP contribution is -2.37. The SMILES string of the molecule is Cn1cncc1-c1nccn1CCCN1CCOCC1. The van der Waals surface area contributed by atoms with E-state index >= 15 is 0 Å². The van der Waals surface area contributed by atoms with Crippen molar-refractivity contribution in [1.82, 2.24) is 24.0 Å². The minimum Gasteiger partial charge on any atom is -0.379 e. The number of hydrogen-bond acceptors (Lipinski definition) is 4. The van der Waals surface area contributed by atoms with Gasteiger partial charge in [-0.05, 0) is 6.42 Å². The number of ether oxygens (including phenoxy) is 1. The van der Waals surface area contributed by atoms with Crippen LogP contribution >= 0.6 is 0 Å². The van der Waals surface area contributed by atoms with E-state index in [2.05, 4.69) is 19.4 Å². The van der Waals surface area contributed by atoms with Crippen molar-refractivity contribution in [3.63, 3.8) is 0 Å². The molecule has 0 amide bonds. The molecule has 1 aliphatic rings. The summed E-state index contributed by atoms with van der Waals surface area (Å²) < 4.78 is 9.57. The number of nitrogens with zero attached hydrogens (tertiary/aromatic N) is 5. The highest BCUT2D eigenvalue weighted by Gasteiger charge is 2.12. The standard InChI is InChI=1S/C14H21N5O/c1-17-12-15-11-13(17)14-16-3-6-19(14)5-2-4-18-7-9-20-10-8-18/h3,6,11-12H,2,4-5,7-10H2,1H3. The van der Waals surface area contributed by atoms with Crippen LogP contribution in [0.5, 0.6) is 0 Å². The molecule has 0 aromatic carbocycles. The highest BCUT2D eigenvalue weighted by molar-refractivity contribution is 5.48. The zero-order valence-electron chi connectivity index (χ0n) is 11.9. The lowest BCUT2D eigenvalue weighted by atomic mass is 10.3. The van der Waals surface area contributed by atoms with Gasteiger partial charge in [0.05, 0.1) is 25.7 Å². The molecule has 2 aromatic heterocycles. The summed E-state index contributed by atoms with van der Waals surface area (Å²) in [4.78, 5) is 11.1. The first-order chi connectivity index (χ1) is 9.84. The Hall–Kier alpha value is -1.66. The third kappa shape index (κ3) is 2.91. The van der Waals surface area contributed by atoms with Crippen LogP contribution in [-0.2, 0) is 18.3 Å². The van der Waals surface area contributed by atoms with Crippen LogP contribution in [0.4, 0.5) is 0 Å². The number of hydrogen-bond donors (Lipinski definition) is 0. The van der Waals surface area contributed by atoms with E-state index in [-0.39, 0.29) is 0 Å². The van der Waals surface area contributed by atoms with Gasteiger partial charge in [-0.1, -0.05) is 0 Å². The molecule has 0 unspecified atom stereocenters. The van der Waals surface area contributed by atoms with Crippen molar-refractivity contribution in [1.29, 1.82) is 0 Å². The van der Waals surface area contributed by atoms with Gasteiger partial charge in [-0.25, -0.2) is 9.97 Å². The number of imidazole rings is 2. The molecule has 6 nitrogen and oxygen atoms in total. The lowest BCUT2D eigenvalue weighted by molar-refractivity contribution is 0.0369. The molecule has 1 aliphatic heterocycles. The summed E-state index contributed by atoms with van der Waals surface area (Å²) >= 11 is 0. The fourth-order valence-corrected chi connectivity index (χ4v) is 2.58. The van der Waals surface area contributed by atoms with Gasteiger partial charge in [0.2, 0.25) is 0 Å². The molecule has 0 atom stereocenters. The summed E-state index contributed by atoms with van der Waals surface area (Å²) in [6.45, 7) is 5.94. The summed E-state index contributed by atoms with van der Waals surface area (Å²) in [5, 5.41) is 0. The number of rotatable bonds is 5. The molecule has 3 heterocycles. The maximum atomic E-state index is 5.37. The number of morpholine rings is 1. The van der Waals surface area contributed by atoms with Crippen molar-refractivity contribution >= 4 is 0 Å². The van der Waals surface area contributed by atoms with E-state index in [4.69, 9.17) is 4.74 Å². The van der Waals surface area contributed by atoms with E-state index in [1.807, 2.05) is 36.5 Å². The van der Waals surface area contributed by atoms with Gasteiger partial charge in [-0.3, -0.25) is 4.90 Å². The molecule has 0 saturated carbocycles. The molecule has 3 rings (SSSR count). The fraction of sp³-hybridized carbons (Fsp3) is 0.571. The molecule has 108 valence electrons. The van der Waals surface area contributed by atoms with Crippen LogP contribution in [0.3, 0.4) is 0 Å². The summed E-state index contributed by atoms with van der Waals surface area (Å²) in [5.41, 5.74) is 1.06. The van der Waals surface area contributed by atoms with Gasteiger partial charge in [-0.15, -0.1) is 0 Å². The molecule has 1 fully saturated rings. The van der Waals surface area contributed by atoms with Crippen molar-refractivity contribution in [3.05, 3.63) is 24.9 Å². The molecule has 0 radical (unpaired) electrons. The molecule has 20 heavy (non-hydrogen) atoms. The van der Waals surface area contributed by atoms with Gasteiger partial charge < -0.3 is 13.9 Å². The summed E-state index contributed by atoms with van der Waals surface area (Å²) in [6, 6.07) is 0. The van der Waals surface area contributed by atoms with E-state index in [0.29, 0.717) is 0 Å². The van der Waals surface area contributed by atoms with E-state index in [1.165, 1.54) is 0 Å². The van der Waals surface area contributed by atoms with E-state index < -0.39 is 0 Å². The van der Waals surface area contributed by atoms with E-state index in [0.717, 1.165) is 57.3 Å². The Morgan fingerprint density at radius 3 is 2.85 bits per heavy atom. The third-order valence-electron chi connectivity index (χ3n) is 3.74. The minimum atomic E-state index is 0.866. The third-order valence-corrected chi connectivity index (χ3v) is 3.74. The first-order valence-electron chi connectivity index (χ1n) is 7.12. The van der Waals surface area contributed by atoms with E-state index in [1.54, 1.807) is 0 Å². The number of aromatic nitrogens is 4. The van der Waals surface area contributed by atoms with Crippen molar-refractivity contribution in [2.45, 2.75) is 13.0 Å². The maximum absolute atomic E-state index is 5.37. The second-order valence-corrected chi connectivity index (χ2v) is 5.14. The van der Waals surface area contributed by atoms with Crippen LogP contribution in [0.25, 0.3) is 11.5 Å². The molecular weight excluding hydrogens is 254 g/mol. The Bertz CT molecular complexity index is 541. The highest BCUT2D eigenvalue weighted by Crippen LogP contribution is 2.16. The van der Waals surface area contributed by atoms with Gasteiger partial charge >= 0.3 is 0 Å². The first-order valence-corrected chi connectivity index (χ1v) is 7.12. The second kappa shape index (κ2) is 6.19.